The van der Waals surface area contributed by atoms with E-state index in [9.17, 15) is 0 Å². The maximum absolute atomic E-state index is 5.28. The molecular weight excluding hydrogens is 178 g/mol. The molecule has 1 heterocycles. The molecule has 78 valence electrons. The molecule has 1 N–H and O–H groups in total. The van der Waals surface area contributed by atoms with E-state index in [1.165, 1.54) is 0 Å². The molecule has 1 rings (SSSR count). The topological polar surface area (TPSA) is 47.0 Å². The maximum Gasteiger partial charge on any atom is 0.144 e. The van der Waals surface area contributed by atoms with Crippen molar-refractivity contribution in [1.29, 1.82) is 0 Å². The van der Waals surface area contributed by atoms with Crippen LogP contribution in [0.2, 0.25) is 0 Å². The molecule has 1 aromatic rings. The van der Waals surface area contributed by atoms with Gasteiger partial charge in [-0.3, -0.25) is 4.98 Å². The van der Waals surface area contributed by atoms with Crippen LogP contribution >= 0.6 is 0 Å². The van der Waals surface area contributed by atoms with Crippen molar-refractivity contribution in [2.45, 2.75) is 26.4 Å². The van der Waals surface area contributed by atoms with E-state index in [2.05, 4.69) is 15.3 Å². The Kier molecular flexibility index (Phi) is 3.41. The van der Waals surface area contributed by atoms with Gasteiger partial charge in [0.25, 0.3) is 0 Å². The van der Waals surface area contributed by atoms with Crippen LogP contribution in [0.25, 0.3) is 0 Å². The number of nitrogens with one attached hydrogen (secondary N) is 1. The summed E-state index contributed by atoms with van der Waals surface area (Å²) in [6.07, 6.45) is 3.44. The Balaban J connectivity index is 2.54. The van der Waals surface area contributed by atoms with Gasteiger partial charge in [0.05, 0.1) is 17.5 Å². The Bertz CT molecular complexity index is 299. The highest BCUT2D eigenvalue weighted by molar-refractivity contribution is 5.31. The van der Waals surface area contributed by atoms with Gasteiger partial charge in [-0.1, -0.05) is 0 Å². The second-order valence-corrected chi connectivity index (χ2v) is 3.86. The molecule has 4 nitrogen and oxygen atoms in total. The van der Waals surface area contributed by atoms with Gasteiger partial charge in [-0.05, 0) is 20.8 Å². The molecule has 0 saturated heterocycles. The van der Waals surface area contributed by atoms with Crippen LogP contribution in [0.5, 0.6) is 0 Å². The van der Waals surface area contributed by atoms with E-state index in [1.807, 2.05) is 20.8 Å². The van der Waals surface area contributed by atoms with E-state index >= 15 is 0 Å². The van der Waals surface area contributed by atoms with Gasteiger partial charge in [-0.25, -0.2) is 4.98 Å². The van der Waals surface area contributed by atoms with Gasteiger partial charge in [-0.15, -0.1) is 0 Å². The van der Waals surface area contributed by atoms with Crippen molar-refractivity contribution in [3.63, 3.8) is 0 Å². The first-order valence-corrected chi connectivity index (χ1v) is 4.61. The summed E-state index contributed by atoms with van der Waals surface area (Å²) in [5.41, 5.74) is 0.719. The van der Waals surface area contributed by atoms with E-state index in [0.717, 1.165) is 11.5 Å². The zero-order chi connectivity index (χ0) is 10.6. The van der Waals surface area contributed by atoms with Gasteiger partial charge < -0.3 is 10.1 Å². The number of hydrogen-bond donors (Lipinski definition) is 1. The minimum absolute atomic E-state index is 0.189. The molecule has 4 heteroatoms. The van der Waals surface area contributed by atoms with Crippen molar-refractivity contribution in [2.75, 3.05) is 19.0 Å². The van der Waals surface area contributed by atoms with Crippen LogP contribution in [0.15, 0.2) is 12.4 Å². The molecule has 0 aliphatic rings. The predicted molar refractivity (Wildman–Crippen MR) is 56.3 cm³/mol. The third-order valence-electron chi connectivity index (χ3n) is 2.00. The van der Waals surface area contributed by atoms with Gasteiger partial charge >= 0.3 is 0 Å². The second kappa shape index (κ2) is 4.37. The molecular formula is C10H17N3O. The Morgan fingerprint density at radius 2 is 2.14 bits per heavy atom. The van der Waals surface area contributed by atoms with Crippen molar-refractivity contribution < 1.29 is 4.74 Å². The average molecular weight is 195 g/mol. The quantitative estimate of drug-likeness (QED) is 0.793. The molecule has 14 heavy (non-hydrogen) atoms. The Hall–Kier alpha value is -1.16. The van der Waals surface area contributed by atoms with Gasteiger partial charge in [0.1, 0.15) is 5.82 Å². The number of hydrogen-bond acceptors (Lipinski definition) is 4. The van der Waals surface area contributed by atoms with Crippen LogP contribution in [0.3, 0.4) is 0 Å². The van der Waals surface area contributed by atoms with Crippen LogP contribution in [0.1, 0.15) is 19.5 Å². The Morgan fingerprint density at radius 1 is 1.43 bits per heavy atom. The maximum atomic E-state index is 5.28. The van der Waals surface area contributed by atoms with Crippen molar-refractivity contribution in [1.82, 2.24) is 9.97 Å². The van der Waals surface area contributed by atoms with Crippen molar-refractivity contribution >= 4 is 5.82 Å². The molecule has 0 amide bonds. The fourth-order valence-corrected chi connectivity index (χ4v) is 0.924. The average Bonchev–Trinajstić information content (AvgIpc) is 2.15. The summed E-state index contributed by atoms with van der Waals surface area (Å²) in [5.74, 6) is 0.787. The normalized spacial score (nSPS) is 11.4. The van der Waals surface area contributed by atoms with Crippen molar-refractivity contribution in [3.8, 4) is 0 Å². The molecule has 0 saturated carbocycles. The SMILES string of the molecule is COC(C)(C)CNc1cncc(C)n1. The van der Waals surface area contributed by atoms with E-state index in [-0.39, 0.29) is 5.60 Å². The summed E-state index contributed by atoms with van der Waals surface area (Å²) >= 11 is 0. The number of aryl methyl sites for hydroxylation is 1. The molecule has 1 aromatic heterocycles. The summed E-state index contributed by atoms with van der Waals surface area (Å²) in [5, 5.41) is 3.18. The Morgan fingerprint density at radius 3 is 2.71 bits per heavy atom. The lowest BCUT2D eigenvalue weighted by molar-refractivity contribution is 0.0343. The second-order valence-electron chi connectivity index (χ2n) is 3.86. The first-order chi connectivity index (χ1) is 6.53. The zero-order valence-electron chi connectivity index (χ0n) is 9.16. The highest BCUT2D eigenvalue weighted by Gasteiger charge is 2.15. The molecule has 0 aromatic carbocycles. The van der Waals surface area contributed by atoms with Crippen LogP contribution < -0.4 is 5.32 Å². The van der Waals surface area contributed by atoms with Gasteiger partial charge in [0, 0.05) is 19.9 Å². The van der Waals surface area contributed by atoms with E-state index < -0.39 is 0 Å². The number of anilines is 1. The van der Waals surface area contributed by atoms with E-state index in [4.69, 9.17) is 4.74 Å². The zero-order valence-corrected chi connectivity index (χ0v) is 9.16. The third kappa shape index (κ3) is 3.30. The summed E-state index contributed by atoms with van der Waals surface area (Å²) in [7, 11) is 1.70. The lowest BCUT2D eigenvalue weighted by atomic mass is 10.1. The first kappa shape index (κ1) is 10.9. The molecule has 0 bridgehead atoms. The number of aromatic nitrogens is 2. The number of ether oxygens (including phenoxy) is 1. The smallest absolute Gasteiger partial charge is 0.144 e. The summed E-state index contributed by atoms with van der Waals surface area (Å²) in [6, 6.07) is 0. The fraction of sp³-hybridized carbons (Fsp3) is 0.600. The van der Waals surface area contributed by atoms with E-state index in [1.54, 1.807) is 19.5 Å². The number of rotatable bonds is 4. The first-order valence-electron chi connectivity index (χ1n) is 4.61. The largest absolute Gasteiger partial charge is 0.377 e. The minimum atomic E-state index is -0.189. The highest BCUT2D eigenvalue weighted by Crippen LogP contribution is 2.09. The summed E-state index contributed by atoms with van der Waals surface area (Å²) in [6.45, 7) is 6.66. The fourth-order valence-electron chi connectivity index (χ4n) is 0.924. The van der Waals surface area contributed by atoms with Gasteiger partial charge in [-0.2, -0.15) is 0 Å². The summed E-state index contributed by atoms with van der Waals surface area (Å²) in [4.78, 5) is 8.33. The lowest BCUT2D eigenvalue weighted by Crippen LogP contribution is -2.32. The monoisotopic (exact) mass is 195 g/mol. The molecule has 0 unspecified atom stereocenters. The predicted octanol–water partition coefficient (Wildman–Crippen LogP) is 1.62. The molecule has 0 fully saturated rings. The lowest BCUT2D eigenvalue weighted by Gasteiger charge is -2.23. The minimum Gasteiger partial charge on any atom is -0.377 e. The summed E-state index contributed by atoms with van der Waals surface area (Å²) < 4.78 is 5.28. The Labute approximate surface area is 84.7 Å². The number of methoxy groups -OCH3 is 1. The van der Waals surface area contributed by atoms with Crippen LogP contribution in [-0.4, -0.2) is 29.2 Å². The molecule has 0 spiro atoms. The van der Waals surface area contributed by atoms with Gasteiger partial charge in [0.15, 0.2) is 0 Å². The standard InChI is InChI=1S/C10H17N3O/c1-8-5-11-6-9(13-8)12-7-10(2,3)14-4/h5-6H,7H2,1-4H3,(H,12,13). The van der Waals surface area contributed by atoms with Gasteiger partial charge in [0.2, 0.25) is 0 Å². The molecule has 0 atom stereocenters. The van der Waals surface area contributed by atoms with Crippen molar-refractivity contribution in [2.24, 2.45) is 0 Å². The van der Waals surface area contributed by atoms with Crippen LogP contribution in [-0.2, 0) is 4.74 Å². The van der Waals surface area contributed by atoms with E-state index in [0.29, 0.717) is 6.54 Å². The molecule has 0 radical (unpaired) electrons. The highest BCUT2D eigenvalue weighted by atomic mass is 16.5. The number of nitrogens with zero attached hydrogens (tertiary/aromatic N) is 2. The van der Waals surface area contributed by atoms with Crippen molar-refractivity contribution in [3.05, 3.63) is 18.1 Å². The third-order valence-corrected chi connectivity index (χ3v) is 2.00. The molecule has 0 aliphatic carbocycles. The molecule has 0 aliphatic heterocycles. The van der Waals surface area contributed by atoms with Crippen LogP contribution in [0.4, 0.5) is 5.82 Å². The van der Waals surface area contributed by atoms with Crippen LogP contribution in [0, 0.1) is 6.92 Å².